The van der Waals surface area contributed by atoms with E-state index in [1.165, 1.54) is 36.9 Å². The molecule has 0 fully saturated rings. The number of nitrogens with one attached hydrogen (secondary N) is 1. The van der Waals surface area contributed by atoms with E-state index < -0.39 is 23.5 Å². The summed E-state index contributed by atoms with van der Waals surface area (Å²) in [5.41, 5.74) is 0.566. The van der Waals surface area contributed by atoms with Gasteiger partial charge in [0, 0.05) is 18.9 Å². The third-order valence-corrected chi connectivity index (χ3v) is 3.56. The highest BCUT2D eigenvalue weighted by molar-refractivity contribution is 6.40. The molecule has 0 unspecified atom stereocenters. The van der Waals surface area contributed by atoms with Crippen LogP contribution < -0.4 is 5.32 Å². The second-order valence-electron chi connectivity index (χ2n) is 4.84. The molecule has 0 bridgehead atoms. The Bertz CT molecular complexity index is 829. The molecule has 0 aliphatic rings. The number of rotatable bonds is 4. The number of carboxylic acid groups (broad SMARTS) is 1. The highest BCUT2D eigenvalue weighted by Gasteiger charge is 2.24. The molecular weight excluding hydrogens is 327 g/mol. The van der Waals surface area contributed by atoms with Crippen LogP contribution in [0.4, 0.5) is 10.1 Å². The molecule has 1 aromatic heterocycles. The summed E-state index contributed by atoms with van der Waals surface area (Å²) in [4.78, 5) is 34.7. The van der Waals surface area contributed by atoms with Gasteiger partial charge in [0.2, 0.25) is 0 Å². The number of amides is 1. The summed E-state index contributed by atoms with van der Waals surface area (Å²) in [6.45, 7) is 1.47. The smallest absolute Gasteiger partial charge is 0.377 e. The van der Waals surface area contributed by atoms with Crippen molar-refractivity contribution in [2.45, 2.75) is 6.92 Å². The van der Waals surface area contributed by atoms with Crippen molar-refractivity contribution < 1.29 is 23.9 Å². The third kappa shape index (κ3) is 3.24. The lowest BCUT2D eigenvalue weighted by molar-refractivity contribution is -0.131. The predicted octanol–water partition coefficient (Wildman–Crippen LogP) is 2.65. The van der Waals surface area contributed by atoms with Crippen molar-refractivity contribution in [2.75, 3.05) is 5.32 Å². The molecule has 1 amide bonds. The van der Waals surface area contributed by atoms with E-state index in [1.807, 2.05) is 0 Å². The molecule has 0 aliphatic carbocycles. The Hall–Kier alpha value is -2.67. The van der Waals surface area contributed by atoms with Crippen LogP contribution in [0.2, 0.25) is 5.02 Å². The zero-order chi connectivity index (χ0) is 17.3. The molecule has 0 saturated heterocycles. The molecule has 2 N–H and O–H groups in total. The highest BCUT2D eigenvalue weighted by atomic mass is 35.5. The molecule has 0 saturated carbocycles. The standard InChI is InChI=1S/C15H12ClFN2O4/c1-7-9(13(20)15(22)23)6-19(2)12(7)14(21)18-8-3-4-11(17)10(16)5-8/h3-6H,1-2H3,(H,18,21)(H,22,23). The van der Waals surface area contributed by atoms with E-state index in [2.05, 4.69) is 5.32 Å². The number of hydrogen-bond donors (Lipinski definition) is 2. The molecule has 0 spiro atoms. The molecule has 1 aromatic carbocycles. The SMILES string of the molecule is Cc1c(C(=O)C(=O)O)cn(C)c1C(=O)Nc1ccc(F)c(Cl)c1. The topological polar surface area (TPSA) is 88.4 Å². The molecule has 23 heavy (non-hydrogen) atoms. The fourth-order valence-corrected chi connectivity index (χ4v) is 2.37. The number of aliphatic carboxylic acids is 1. The molecule has 1 heterocycles. The normalized spacial score (nSPS) is 10.4. The van der Waals surface area contributed by atoms with E-state index in [1.54, 1.807) is 0 Å². The van der Waals surface area contributed by atoms with Crippen molar-refractivity contribution in [3.8, 4) is 0 Å². The van der Waals surface area contributed by atoms with E-state index >= 15 is 0 Å². The van der Waals surface area contributed by atoms with Gasteiger partial charge in [-0.25, -0.2) is 9.18 Å². The summed E-state index contributed by atoms with van der Waals surface area (Å²) in [7, 11) is 1.51. The summed E-state index contributed by atoms with van der Waals surface area (Å²) >= 11 is 5.64. The molecule has 0 aliphatic heterocycles. The van der Waals surface area contributed by atoms with Crippen LogP contribution in [0.5, 0.6) is 0 Å². The molecular formula is C15H12ClFN2O4. The number of halogens is 2. The van der Waals surface area contributed by atoms with E-state index in [4.69, 9.17) is 16.7 Å². The Morgan fingerprint density at radius 3 is 2.52 bits per heavy atom. The van der Waals surface area contributed by atoms with Gasteiger partial charge in [0.25, 0.3) is 11.7 Å². The van der Waals surface area contributed by atoms with Gasteiger partial charge in [-0.3, -0.25) is 9.59 Å². The van der Waals surface area contributed by atoms with Crippen LogP contribution in [0.25, 0.3) is 0 Å². The lowest BCUT2D eigenvalue weighted by Crippen LogP contribution is -2.17. The van der Waals surface area contributed by atoms with Crippen LogP contribution in [0.3, 0.4) is 0 Å². The Morgan fingerprint density at radius 1 is 1.30 bits per heavy atom. The van der Waals surface area contributed by atoms with Crippen molar-refractivity contribution in [2.24, 2.45) is 7.05 Å². The first-order chi connectivity index (χ1) is 10.7. The number of ketones is 1. The van der Waals surface area contributed by atoms with E-state index in [0.29, 0.717) is 0 Å². The minimum Gasteiger partial charge on any atom is -0.475 e. The van der Waals surface area contributed by atoms with Crippen molar-refractivity contribution in [3.05, 3.63) is 52.1 Å². The molecule has 6 nitrogen and oxygen atoms in total. The number of nitrogens with zero attached hydrogens (tertiary/aromatic N) is 1. The maximum absolute atomic E-state index is 13.1. The first kappa shape index (κ1) is 16.7. The van der Waals surface area contributed by atoms with Crippen molar-refractivity contribution in [1.82, 2.24) is 4.57 Å². The van der Waals surface area contributed by atoms with Crippen molar-refractivity contribution in [3.63, 3.8) is 0 Å². The van der Waals surface area contributed by atoms with Gasteiger partial charge in [0.1, 0.15) is 11.5 Å². The van der Waals surface area contributed by atoms with Crippen molar-refractivity contribution in [1.29, 1.82) is 0 Å². The average molecular weight is 339 g/mol. The van der Waals surface area contributed by atoms with Gasteiger partial charge in [0.05, 0.1) is 10.6 Å². The first-order valence-corrected chi connectivity index (χ1v) is 6.80. The fraction of sp³-hybridized carbons (Fsp3) is 0.133. The van der Waals surface area contributed by atoms with Crippen LogP contribution in [0, 0.1) is 12.7 Å². The highest BCUT2D eigenvalue weighted by Crippen LogP contribution is 2.22. The quantitative estimate of drug-likeness (QED) is 0.662. The summed E-state index contributed by atoms with van der Waals surface area (Å²) in [5.74, 6) is -3.89. The Kier molecular flexibility index (Phi) is 4.51. The zero-order valence-corrected chi connectivity index (χ0v) is 12.9. The van der Waals surface area contributed by atoms with Gasteiger partial charge < -0.3 is 15.0 Å². The zero-order valence-electron chi connectivity index (χ0n) is 12.2. The monoisotopic (exact) mass is 338 g/mol. The van der Waals surface area contributed by atoms with Crippen molar-refractivity contribution >= 4 is 34.9 Å². The van der Waals surface area contributed by atoms with Crippen LogP contribution in [-0.2, 0) is 11.8 Å². The minimum absolute atomic E-state index is 0.0673. The van der Waals surface area contributed by atoms with Gasteiger partial charge in [0.15, 0.2) is 0 Å². The number of carboxylic acids is 1. The summed E-state index contributed by atoms with van der Waals surface area (Å²) in [6, 6.07) is 3.69. The maximum Gasteiger partial charge on any atom is 0.377 e. The Labute approximate surface area is 135 Å². The number of carbonyl (C=O) groups is 3. The van der Waals surface area contributed by atoms with Crippen LogP contribution in [0.15, 0.2) is 24.4 Å². The van der Waals surface area contributed by atoms with E-state index in [9.17, 15) is 18.8 Å². The third-order valence-electron chi connectivity index (χ3n) is 3.27. The van der Waals surface area contributed by atoms with Crippen LogP contribution in [-0.4, -0.2) is 27.3 Å². The lowest BCUT2D eigenvalue weighted by atomic mass is 10.1. The van der Waals surface area contributed by atoms with Gasteiger partial charge in [-0.1, -0.05) is 11.6 Å². The Morgan fingerprint density at radius 2 is 1.96 bits per heavy atom. The van der Waals surface area contributed by atoms with E-state index in [0.717, 1.165) is 6.07 Å². The lowest BCUT2D eigenvalue weighted by Gasteiger charge is -2.08. The number of aromatic nitrogens is 1. The number of Topliss-reactive ketones (excluding diaryl/α,β-unsaturated/α-hetero) is 1. The summed E-state index contributed by atoms with van der Waals surface area (Å²) in [6.07, 6.45) is 1.28. The second kappa shape index (κ2) is 6.21. The van der Waals surface area contributed by atoms with Gasteiger partial charge in [-0.05, 0) is 30.7 Å². The molecule has 2 rings (SSSR count). The predicted molar refractivity (Wildman–Crippen MR) is 81.5 cm³/mol. The number of hydrogen-bond acceptors (Lipinski definition) is 3. The molecule has 0 radical (unpaired) electrons. The number of carbonyl (C=O) groups excluding carboxylic acids is 2. The Balaban J connectivity index is 2.34. The number of anilines is 1. The molecule has 0 atom stereocenters. The number of benzene rings is 1. The number of aryl methyl sites for hydroxylation is 1. The van der Waals surface area contributed by atoms with Gasteiger partial charge in [-0.15, -0.1) is 0 Å². The molecule has 2 aromatic rings. The largest absolute Gasteiger partial charge is 0.475 e. The van der Waals surface area contributed by atoms with Gasteiger partial charge >= 0.3 is 5.97 Å². The van der Waals surface area contributed by atoms with E-state index in [-0.39, 0.29) is 27.5 Å². The fourth-order valence-electron chi connectivity index (χ4n) is 2.19. The van der Waals surface area contributed by atoms with Gasteiger partial charge in [-0.2, -0.15) is 0 Å². The maximum atomic E-state index is 13.1. The first-order valence-electron chi connectivity index (χ1n) is 6.42. The summed E-state index contributed by atoms with van der Waals surface area (Å²) < 4.78 is 14.5. The summed E-state index contributed by atoms with van der Waals surface area (Å²) in [5, 5.41) is 11.2. The van der Waals surface area contributed by atoms with Crippen LogP contribution >= 0.6 is 11.6 Å². The molecule has 8 heteroatoms. The van der Waals surface area contributed by atoms with Crippen LogP contribution in [0.1, 0.15) is 26.4 Å². The second-order valence-corrected chi connectivity index (χ2v) is 5.25. The molecule has 120 valence electrons. The average Bonchev–Trinajstić information content (AvgIpc) is 2.77. The minimum atomic E-state index is -1.60.